The molecule has 0 heterocycles. The predicted octanol–water partition coefficient (Wildman–Crippen LogP) is 0.0989. The first kappa shape index (κ1) is 8.68. The molecule has 0 aliphatic heterocycles. The second-order valence-corrected chi connectivity index (χ2v) is 3.37. The van der Waals surface area contributed by atoms with Gasteiger partial charge >= 0.3 is 0 Å². The number of hydrogen-bond acceptors (Lipinski definition) is 3. The van der Waals surface area contributed by atoms with Crippen LogP contribution in [0.2, 0.25) is 0 Å². The first-order chi connectivity index (χ1) is 5.22. The van der Waals surface area contributed by atoms with Crippen molar-refractivity contribution in [2.75, 3.05) is 6.61 Å². The molecule has 1 fully saturated rings. The minimum Gasteiger partial charge on any atom is -0.394 e. The Bertz CT molecular complexity index is 140. The molecule has 3 heteroatoms. The molecule has 11 heavy (non-hydrogen) atoms. The van der Waals surface area contributed by atoms with E-state index in [0.29, 0.717) is 6.42 Å². The number of aldehydes is 1. The Morgan fingerprint density at radius 3 is 2.45 bits per heavy atom. The average Bonchev–Trinajstić information content (AvgIpc) is 1.96. The molecule has 0 aromatic carbocycles. The highest BCUT2D eigenvalue weighted by Crippen LogP contribution is 2.42. The van der Waals surface area contributed by atoms with Crippen LogP contribution in [0.4, 0.5) is 0 Å². The molecule has 64 valence electrons. The first-order valence-corrected chi connectivity index (χ1v) is 3.98. The molecule has 0 radical (unpaired) electrons. The van der Waals surface area contributed by atoms with Crippen LogP contribution in [0.15, 0.2) is 0 Å². The monoisotopic (exact) mass is 158 g/mol. The smallest absolute Gasteiger partial charge is 0.126 e. The second kappa shape index (κ2) is 3.32. The van der Waals surface area contributed by atoms with Gasteiger partial charge in [0.2, 0.25) is 0 Å². The minimum atomic E-state index is -0.722. The Labute approximate surface area is 66.0 Å². The van der Waals surface area contributed by atoms with Gasteiger partial charge in [0, 0.05) is 5.41 Å². The molecule has 1 aliphatic rings. The van der Waals surface area contributed by atoms with Crippen LogP contribution in [0.3, 0.4) is 0 Å². The van der Waals surface area contributed by atoms with Crippen LogP contribution in [0.5, 0.6) is 0 Å². The van der Waals surface area contributed by atoms with Crippen molar-refractivity contribution in [2.45, 2.75) is 31.8 Å². The molecular formula is C8H14O3. The van der Waals surface area contributed by atoms with Gasteiger partial charge in [0.1, 0.15) is 6.29 Å². The lowest BCUT2D eigenvalue weighted by Gasteiger charge is -2.37. The Morgan fingerprint density at radius 1 is 1.55 bits per heavy atom. The van der Waals surface area contributed by atoms with E-state index in [1.165, 1.54) is 0 Å². The van der Waals surface area contributed by atoms with Crippen LogP contribution in [0.25, 0.3) is 0 Å². The molecule has 3 nitrogen and oxygen atoms in total. The zero-order chi connectivity index (χ0) is 8.32. The Balaban J connectivity index is 2.38. The number of aliphatic hydroxyl groups excluding tert-OH is 2. The molecule has 1 saturated carbocycles. The lowest BCUT2D eigenvalue weighted by molar-refractivity contribution is -0.123. The van der Waals surface area contributed by atoms with Crippen LogP contribution in [0, 0.1) is 5.41 Å². The van der Waals surface area contributed by atoms with Crippen LogP contribution in [0.1, 0.15) is 25.7 Å². The summed E-state index contributed by atoms with van der Waals surface area (Å²) in [6, 6.07) is 0. The van der Waals surface area contributed by atoms with E-state index in [2.05, 4.69) is 0 Å². The second-order valence-electron chi connectivity index (χ2n) is 3.37. The van der Waals surface area contributed by atoms with Crippen molar-refractivity contribution in [3.63, 3.8) is 0 Å². The predicted molar refractivity (Wildman–Crippen MR) is 40.1 cm³/mol. The summed E-state index contributed by atoms with van der Waals surface area (Å²) in [5.74, 6) is 0. The van der Waals surface area contributed by atoms with Gasteiger partial charge in [-0.1, -0.05) is 6.42 Å². The maximum absolute atomic E-state index is 10.6. The zero-order valence-corrected chi connectivity index (χ0v) is 6.49. The van der Waals surface area contributed by atoms with Crippen molar-refractivity contribution >= 4 is 6.29 Å². The van der Waals surface area contributed by atoms with E-state index in [9.17, 15) is 4.79 Å². The van der Waals surface area contributed by atoms with Crippen molar-refractivity contribution in [1.29, 1.82) is 0 Å². The number of carbonyl (C=O) groups excluding carboxylic acids is 1. The van der Waals surface area contributed by atoms with E-state index < -0.39 is 6.10 Å². The number of rotatable bonds is 4. The summed E-state index contributed by atoms with van der Waals surface area (Å²) >= 11 is 0. The van der Waals surface area contributed by atoms with Crippen molar-refractivity contribution < 1.29 is 15.0 Å². The van der Waals surface area contributed by atoms with E-state index in [1.807, 2.05) is 0 Å². The highest BCUT2D eigenvalue weighted by molar-refractivity contribution is 5.60. The molecule has 1 rings (SSSR count). The summed E-state index contributed by atoms with van der Waals surface area (Å²) in [5.41, 5.74) is -0.303. The largest absolute Gasteiger partial charge is 0.394 e. The SMILES string of the molecule is O=CC1(CC(O)CO)CCC1. The highest BCUT2D eigenvalue weighted by atomic mass is 16.3. The van der Waals surface area contributed by atoms with Gasteiger partial charge in [-0.25, -0.2) is 0 Å². The normalized spacial score (nSPS) is 23.8. The first-order valence-electron chi connectivity index (χ1n) is 3.98. The van der Waals surface area contributed by atoms with Gasteiger partial charge < -0.3 is 15.0 Å². The standard InChI is InChI=1S/C8H14O3/c9-5-7(11)4-8(6-10)2-1-3-8/h6-7,9,11H,1-5H2. The van der Waals surface area contributed by atoms with E-state index in [-0.39, 0.29) is 12.0 Å². The van der Waals surface area contributed by atoms with Gasteiger partial charge in [-0.3, -0.25) is 0 Å². The lowest BCUT2D eigenvalue weighted by atomic mass is 9.67. The third-order valence-corrected chi connectivity index (χ3v) is 2.45. The van der Waals surface area contributed by atoms with Crippen LogP contribution in [-0.2, 0) is 4.79 Å². The summed E-state index contributed by atoms with van der Waals surface area (Å²) in [6.07, 6.45) is 3.43. The molecule has 1 atom stereocenters. The summed E-state index contributed by atoms with van der Waals surface area (Å²) < 4.78 is 0. The molecule has 0 aromatic heterocycles. The highest BCUT2D eigenvalue weighted by Gasteiger charge is 2.38. The van der Waals surface area contributed by atoms with Gasteiger partial charge in [-0.2, -0.15) is 0 Å². The topological polar surface area (TPSA) is 57.5 Å². The third-order valence-electron chi connectivity index (χ3n) is 2.45. The fourth-order valence-corrected chi connectivity index (χ4v) is 1.53. The summed E-state index contributed by atoms with van der Waals surface area (Å²) in [4.78, 5) is 10.6. The van der Waals surface area contributed by atoms with Crippen molar-refractivity contribution in [3.05, 3.63) is 0 Å². The average molecular weight is 158 g/mol. The number of carbonyl (C=O) groups is 1. The molecule has 0 aromatic rings. The molecule has 0 spiro atoms. The van der Waals surface area contributed by atoms with E-state index in [4.69, 9.17) is 10.2 Å². The number of hydrogen-bond donors (Lipinski definition) is 2. The Hall–Kier alpha value is -0.410. The lowest BCUT2D eigenvalue weighted by Crippen LogP contribution is -2.35. The summed E-state index contributed by atoms with van der Waals surface area (Å²) in [5, 5.41) is 17.6. The minimum absolute atomic E-state index is 0.240. The molecular weight excluding hydrogens is 144 g/mol. The van der Waals surface area contributed by atoms with Crippen molar-refractivity contribution in [3.8, 4) is 0 Å². The Morgan fingerprint density at radius 2 is 2.18 bits per heavy atom. The molecule has 2 N–H and O–H groups in total. The maximum Gasteiger partial charge on any atom is 0.126 e. The number of aliphatic hydroxyl groups is 2. The van der Waals surface area contributed by atoms with E-state index in [1.54, 1.807) is 0 Å². The van der Waals surface area contributed by atoms with Crippen molar-refractivity contribution in [2.24, 2.45) is 5.41 Å². The van der Waals surface area contributed by atoms with Gasteiger partial charge in [0.15, 0.2) is 0 Å². The maximum atomic E-state index is 10.6. The fraction of sp³-hybridized carbons (Fsp3) is 0.875. The van der Waals surface area contributed by atoms with Crippen molar-refractivity contribution in [1.82, 2.24) is 0 Å². The summed E-state index contributed by atoms with van der Waals surface area (Å²) in [7, 11) is 0. The van der Waals surface area contributed by atoms with E-state index >= 15 is 0 Å². The Kier molecular flexibility index (Phi) is 2.62. The molecule has 1 unspecified atom stereocenters. The third kappa shape index (κ3) is 1.79. The van der Waals surface area contributed by atoms with Gasteiger partial charge in [0.05, 0.1) is 12.7 Å². The van der Waals surface area contributed by atoms with Crippen LogP contribution in [-0.4, -0.2) is 29.2 Å². The zero-order valence-electron chi connectivity index (χ0n) is 6.49. The quantitative estimate of drug-likeness (QED) is 0.570. The van der Waals surface area contributed by atoms with Gasteiger partial charge in [-0.05, 0) is 19.3 Å². The molecule has 1 aliphatic carbocycles. The molecule has 0 bridgehead atoms. The van der Waals surface area contributed by atoms with E-state index in [0.717, 1.165) is 25.5 Å². The fourth-order valence-electron chi connectivity index (χ4n) is 1.53. The van der Waals surface area contributed by atoms with Crippen LogP contribution < -0.4 is 0 Å². The van der Waals surface area contributed by atoms with Gasteiger partial charge in [-0.15, -0.1) is 0 Å². The summed E-state index contributed by atoms with van der Waals surface area (Å²) in [6.45, 7) is -0.240. The molecule has 0 saturated heterocycles. The van der Waals surface area contributed by atoms with Gasteiger partial charge in [0.25, 0.3) is 0 Å². The van der Waals surface area contributed by atoms with Crippen LogP contribution >= 0.6 is 0 Å². The molecule has 0 amide bonds.